The van der Waals surface area contributed by atoms with E-state index in [0.29, 0.717) is 0 Å². The molecule has 0 spiro atoms. The molecule has 1 fully saturated rings. The molecule has 3 heteroatoms. The third kappa shape index (κ3) is 1.82. The number of phenolic OH excluding ortho intramolecular Hbond substituents is 1. The average molecular weight is 241 g/mol. The first kappa shape index (κ1) is 11.1. The summed E-state index contributed by atoms with van der Waals surface area (Å²) in [6, 6.07) is 10.9. The molecule has 0 radical (unpaired) electrons. The van der Waals surface area contributed by atoms with Gasteiger partial charge in [0.1, 0.15) is 5.75 Å². The van der Waals surface area contributed by atoms with Gasteiger partial charge in [0.15, 0.2) is 0 Å². The number of amides is 1. The Bertz CT molecular complexity index is 602. The Morgan fingerprint density at radius 2 is 1.83 bits per heavy atom. The fourth-order valence-electron chi connectivity index (χ4n) is 2.31. The number of hydrogen-bond acceptors (Lipinski definition) is 2. The molecule has 2 aromatic rings. The number of anilines is 1. The predicted molar refractivity (Wildman–Crippen MR) is 71.6 cm³/mol. The minimum absolute atomic E-state index is 0.0945. The summed E-state index contributed by atoms with van der Waals surface area (Å²) < 4.78 is 0. The highest BCUT2D eigenvalue weighted by atomic mass is 16.3. The summed E-state index contributed by atoms with van der Waals surface area (Å²) in [7, 11) is 0. The predicted octanol–water partition coefficient (Wildman–Crippen LogP) is 3.28. The van der Waals surface area contributed by atoms with Crippen molar-refractivity contribution in [2.24, 2.45) is 5.92 Å². The van der Waals surface area contributed by atoms with Gasteiger partial charge < -0.3 is 10.4 Å². The van der Waals surface area contributed by atoms with Crippen molar-refractivity contribution in [3.05, 3.63) is 36.4 Å². The molecule has 1 aliphatic carbocycles. The zero-order valence-corrected chi connectivity index (χ0v) is 10.0. The van der Waals surface area contributed by atoms with Crippen molar-refractivity contribution in [3.8, 4) is 5.75 Å². The summed E-state index contributed by atoms with van der Waals surface area (Å²) in [5.41, 5.74) is 0.778. The first-order valence-corrected chi connectivity index (χ1v) is 6.27. The van der Waals surface area contributed by atoms with Crippen molar-refractivity contribution < 1.29 is 9.90 Å². The summed E-state index contributed by atoms with van der Waals surface area (Å²) in [5.74, 6) is 0.502. The summed E-state index contributed by atoms with van der Waals surface area (Å²) >= 11 is 0. The van der Waals surface area contributed by atoms with Crippen molar-refractivity contribution in [3.63, 3.8) is 0 Å². The third-order valence-corrected chi connectivity index (χ3v) is 3.63. The van der Waals surface area contributed by atoms with Gasteiger partial charge in [-0.15, -0.1) is 0 Å². The lowest BCUT2D eigenvalue weighted by Gasteiger charge is -2.24. The molecule has 1 saturated carbocycles. The molecule has 92 valence electrons. The second-order valence-electron chi connectivity index (χ2n) is 4.79. The Morgan fingerprint density at radius 1 is 1.11 bits per heavy atom. The Morgan fingerprint density at radius 3 is 2.56 bits per heavy atom. The lowest BCUT2D eigenvalue weighted by molar-refractivity contribution is -0.122. The van der Waals surface area contributed by atoms with Crippen LogP contribution in [0.15, 0.2) is 36.4 Å². The van der Waals surface area contributed by atoms with Crippen molar-refractivity contribution in [2.45, 2.75) is 19.3 Å². The van der Waals surface area contributed by atoms with Gasteiger partial charge in [0.05, 0.1) is 0 Å². The lowest BCUT2D eigenvalue weighted by atomic mass is 9.85. The molecule has 0 heterocycles. The Balaban J connectivity index is 1.96. The topological polar surface area (TPSA) is 49.3 Å². The molecule has 18 heavy (non-hydrogen) atoms. The number of aromatic hydroxyl groups is 1. The number of carbonyl (C=O) groups excluding carboxylic acids is 1. The molecule has 0 saturated heterocycles. The van der Waals surface area contributed by atoms with Gasteiger partial charge in [-0.25, -0.2) is 0 Å². The Hall–Kier alpha value is -2.03. The van der Waals surface area contributed by atoms with Crippen LogP contribution in [-0.4, -0.2) is 11.0 Å². The molecule has 3 rings (SSSR count). The second-order valence-corrected chi connectivity index (χ2v) is 4.79. The molecule has 2 aromatic carbocycles. The number of nitrogens with one attached hydrogen (secondary N) is 1. The van der Waals surface area contributed by atoms with Crippen LogP contribution in [0.2, 0.25) is 0 Å². The van der Waals surface area contributed by atoms with Crippen molar-refractivity contribution in [2.75, 3.05) is 5.32 Å². The summed E-state index contributed by atoms with van der Waals surface area (Å²) in [5, 5.41) is 14.4. The van der Waals surface area contributed by atoms with Crippen LogP contribution in [0.25, 0.3) is 10.8 Å². The highest BCUT2D eigenvalue weighted by Crippen LogP contribution is 2.32. The van der Waals surface area contributed by atoms with Gasteiger partial charge in [0, 0.05) is 22.4 Å². The molecular formula is C15H15NO2. The van der Waals surface area contributed by atoms with Gasteiger partial charge in [-0.1, -0.05) is 30.7 Å². The summed E-state index contributed by atoms with van der Waals surface area (Å²) in [6.07, 6.45) is 3.12. The van der Waals surface area contributed by atoms with Crippen LogP contribution in [0.4, 0.5) is 5.69 Å². The van der Waals surface area contributed by atoms with Crippen LogP contribution in [0.5, 0.6) is 5.75 Å². The van der Waals surface area contributed by atoms with Gasteiger partial charge in [0.2, 0.25) is 5.91 Å². The monoisotopic (exact) mass is 241 g/mol. The number of rotatable bonds is 2. The quantitative estimate of drug-likeness (QED) is 0.847. The average Bonchev–Trinajstić information content (AvgIpc) is 2.28. The molecule has 2 N–H and O–H groups in total. The minimum Gasteiger partial charge on any atom is -0.507 e. The highest BCUT2D eigenvalue weighted by molar-refractivity contribution is 6.04. The Kier molecular flexibility index (Phi) is 2.67. The molecule has 1 amide bonds. The van der Waals surface area contributed by atoms with Gasteiger partial charge >= 0.3 is 0 Å². The van der Waals surface area contributed by atoms with E-state index in [1.165, 1.54) is 0 Å². The van der Waals surface area contributed by atoms with Gasteiger partial charge in [0.25, 0.3) is 0 Å². The fourth-order valence-corrected chi connectivity index (χ4v) is 2.31. The summed E-state index contributed by atoms with van der Waals surface area (Å²) in [4.78, 5) is 11.9. The largest absolute Gasteiger partial charge is 0.507 e. The molecule has 0 bridgehead atoms. The van der Waals surface area contributed by atoms with E-state index in [0.717, 1.165) is 35.7 Å². The van der Waals surface area contributed by atoms with Crippen molar-refractivity contribution in [1.29, 1.82) is 0 Å². The van der Waals surface area contributed by atoms with Crippen LogP contribution in [0.1, 0.15) is 19.3 Å². The number of phenols is 1. The van der Waals surface area contributed by atoms with Crippen LogP contribution >= 0.6 is 0 Å². The number of fused-ring (bicyclic) bond motifs is 1. The molecular weight excluding hydrogens is 226 g/mol. The zero-order chi connectivity index (χ0) is 12.5. The van der Waals surface area contributed by atoms with Crippen LogP contribution in [0, 0.1) is 5.92 Å². The van der Waals surface area contributed by atoms with E-state index < -0.39 is 0 Å². The molecule has 1 aliphatic rings. The molecule has 0 aliphatic heterocycles. The van der Waals surface area contributed by atoms with Crippen molar-refractivity contribution in [1.82, 2.24) is 0 Å². The maximum absolute atomic E-state index is 11.9. The molecule has 0 unspecified atom stereocenters. The Labute approximate surface area is 105 Å². The minimum atomic E-state index is 0.0945. The number of carbonyl (C=O) groups is 1. The highest BCUT2D eigenvalue weighted by Gasteiger charge is 2.25. The fraction of sp³-hybridized carbons (Fsp3) is 0.267. The van der Waals surface area contributed by atoms with Crippen molar-refractivity contribution >= 4 is 22.4 Å². The van der Waals surface area contributed by atoms with Crippen LogP contribution in [-0.2, 0) is 4.79 Å². The molecule has 0 aromatic heterocycles. The van der Waals surface area contributed by atoms with Gasteiger partial charge in [-0.3, -0.25) is 4.79 Å². The number of hydrogen-bond donors (Lipinski definition) is 2. The van der Waals surface area contributed by atoms with E-state index in [4.69, 9.17) is 0 Å². The third-order valence-electron chi connectivity index (χ3n) is 3.63. The maximum atomic E-state index is 11.9. The number of benzene rings is 2. The van der Waals surface area contributed by atoms with Crippen LogP contribution in [0.3, 0.4) is 0 Å². The standard InChI is InChI=1S/C15H15NO2/c17-14-9-3-6-11-12(14)7-2-8-13(11)16-15(18)10-4-1-5-10/h2-3,6-10,17H,1,4-5H2,(H,16,18). The maximum Gasteiger partial charge on any atom is 0.227 e. The van der Waals surface area contributed by atoms with E-state index in [1.54, 1.807) is 12.1 Å². The summed E-state index contributed by atoms with van der Waals surface area (Å²) in [6.45, 7) is 0. The van der Waals surface area contributed by atoms with E-state index >= 15 is 0 Å². The second kappa shape index (κ2) is 4.33. The van der Waals surface area contributed by atoms with Gasteiger partial charge in [-0.2, -0.15) is 0 Å². The van der Waals surface area contributed by atoms with E-state index in [1.807, 2.05) is 24.3 Å². The molecule has 0 atom stereocenters. The first-order chi connectivity index (χ1) is 8.75. The smallest absolute Gasteiger partial charge is 0.227 e. The van der Waals surface area contributed by atoms with E-state index in [9.17, 15) is 9.90 Å². The normalized spacial score (nSPS) is 15.3. The van der Waals surface area contributed by atoms with Crippen LogP contribution < -0.4 is 5.32 Å². The van der Waals surface area contributed by atoms with E-state index in [2.05, 4.69) is 5.32 Å². The lowest BCUT2D eigenvalue weighted by Crippen LogP contribution is -2.28. The van der Waals surface area contributed by atoms with Gasteiger partial charge in [-0.05, 0) is 25.0 Å². The van der Waals surface area contributed by atoms with E-state index in [-0.39, 0.29) is 17.6 Å². The zero-order valence-electron chi connectivity index (χ0n) is 10.0. The first-order valence-electron chi connectivity index (χ1n) is 6.27. The SMILES string of the molecule is O=C(Nc1cccc2c(O)cccc12)C1CCC1. The molecule has 3 nitrogen and oxygen atoms in total.